The normalized spacial score (nSPS) is 17.8. The molecule has 0 aromatic heterocycles. The topological polar surface area (TPSA) is 55.8 Å². The van der Waals surface area contributed by atoms with Crippen LogP contribution in [-0.4, -0.2) is 48.6 Å². The van der Waals surface area contributed by atoms with Crippen LogP contribution >= 0.6 is 11.6 Å². The Morgan fingerprint density at radius 1 is 1.10 bits per heavy atom. The maximum atomic E-state index is 12.6. The SMILES string of the molecule is CCN1CCN(c2ccc(NC(=O)Cc3ccc(O)c(C4CCCC4)c3)cc2Cl)CC1. The molecule has 1 aliphatic heterocycles. The Morgan fingerprint density at radius 3 is 2.52 bits per heavy atom. The highest BCUT2D eigenvalue weighted by molar-refractivity contribution is 6.33. The van der Waals surface area contributed by atoms with Crippen molar-refractivity contribution in [1.29, 1.82) is 0 Å². The minimum Gasteiger partial charge on any atom is -0.508 e. The predicted molar refractivity (Wildman–Crippen MR) is 127 cm³/mol. The van der Waals surface area contributed by atoms with Gasteiger partial charge in [0.2, 0.25) is 5.91 Å². The van der Waals surface area contributed by atoms with Crippen LogP contribution in [0.15, 0.2) is 36.4 Å². The predicted octanol–water partition coefficient (Wildman–Crippen LogP) is 5.03. The first-order valence-electron chi connectivity index (χ1n) is 11.4. The van der Waals surface area contributed by atoms with Crippen LogP contribution in [0.1, 0.15) is 49.7 Å². The lowest BCUT2D eigenvalue weighted by Crippen LogP contribution is -2.46. The van der Waals surface area contributed by atoms with Gasteiger partial charge in [-0.05, 0) is 60.7 Å². The molecule has 4 rings (SSSR count). The summed E-state index contributed by atoms with van der Waals surface area (Å²) in [4.78, 5) is 17.4. The smallest absolute Gasteiger partial charge is 0.228 e. The van der Waals surface area contributed by atoms with Crippen LogP contribution in [0.5, 0.6) is 5.75 Å². The van der Waals surface area contributed by atoms with E-state index in [-0.39, 0.29) is 12.3 Å². The van der Waals surface area contributed by atoms with E-state index in [2.05, 4.69) is 22.0 Å². The second-order valence-corrected chi connectivity index (χ2v) is 9.09. The number of carbonyl (C=O) groups excluding carboxylic acids is 1. The average Bonchev–Trinajstić information content (AvgIpc) is 3.30. The number of likely N-dealkylation sites (N-methyl/N-ethyl adjacent to an activating group) is 1. The Labute approximate surface area is 190 Å². The largest absolute Gasteiger partial charge is 0.508 e. The van der Waals surface area contributed by atoms with E-state index < -0.39 is 0 Å². The molecule has 0 spiro atoms. The van der Waals surface area contributed by atoms with Crippen molar-refractivity contribution >= 4 is 28.9 Å². The van der Waals surface area contributed by atoms with Crippen LogP contribution in [0.25, 0.3) is 0 Å². The van der Waals surface area contributed by atoms with Crippen LogP contribution < -0.4 is 10.2 Å². The lowest BCUT2D eigenvalue weighted by molar-refractivity contribution is -0.115. The summed E-state index contributed by atoms with van der Waals surface area (Å²) in [7, 11) is 0. The molecule has 5 nitrogen and oxygen atoms in total. The third kappa shape index (κ3) is 5.34. The highest BCUT2D eigenvalue weighted by Crippen LogP contribution is 2.38. The molecule has 2 aliphatic rings. The Balaban J connectivity index is 1.38. The van der Waals surface area contributed by atoms with Crippen molar-refractivity contribution in [3.8, 4) is 5.75 Å². The van der Waals surface area contributed by atoms with Crippen molar-refractivity contribution in [2.24, 2.45) is 0 Å². The van der Waals surface area contributed by atoms with Crippen molar-refractivity contribution in [2.75, 3.05) is 42.9 Å². The summed E-state index contributed by atoms with van der Waals surface area (Å²) in [5.41, 5.74) is 3.64. The van der Waals surface area contributed by atoms with E-state index in [0.29, 0.717) is 22.4 Å². The number of hydrogen-bond acceptors (Lipinski definition) is 4. The Bertz CT molecular complexity index is 919. The van der Waals surface area contributed by atoms with E-state index in [4.69, 9.17) is 11.6 Å². The van der Waals surface area contributed by atoms with Gasteiger partial charge < -0.3 is 20.2 Å². The first kappa shape index (κ1) is 22.0. The number of rotatable bonds is 6. The molecule has 166 valence electrons. The minimum atomic E-state index is -0.0801. The summed E-state index contributed by atoms with van der Waals surface area (Å²) in [6, 6.07) is 11.3. The van der Waals surface area contributed by atoms with E-state index in [1.54, 1.807) is 6.07 Å². The van der Waals surface area contributed by atoms with Gasteiger partial charge in [0.05, 0.1) is 17.1 Å². The Morgan fingerprint density at radius 2 is 1.84 bits per heavy atom. The molecule has 0 bridgehead atoms. The van der Waals surface area contributed by atoms with Gasteiger partial charge in [0.15, 0.2) is 0 Å². The first-order valence-corrected chi connectivity index (χ1v) is 11.8. The van der Waals surface area contributed by atoms with Gasteiger partial charge in [-0.2, -0.15) is 0 Å². The third-order valence-corrected chi connectivity index (χ3v) is 6.95. The summed E-state index contributed by atoms with van der Waals surface area (Å²) in [6.07, 6.45) is 4.92. The van der Waals surface area contributed by atoms with Crippen LogP contribution in [0, 0.1) is 0 Å². The summed E-state index contributed by atoms with van der Waals surface area (Å²) >= 11 is 6.55. The molecular formula is C25H32ClN3O2. The molecule has 6 heteroatoms. The Hall–Kier alpha value is -2.24. The van der Waals surface area contributed by atoms with Crippen molar-refractivity contribution in [3.05, 3.63) is 52.5 Å². The van der Waals surface area contributed by atoms with Gasteiger partial charge in [0.25, 0.3) is 0 Å². The van der Waals surface area contributed by atoms with Crippen LogP contribution in [0.3, 0.4) is 0 Å². The summed E-state index contributed by atoms with van der Waals surface area (Å²) in [5.74, 6) is 0.676. The van der Waals surface area contributed by atoms with Gasteiger partial charge in [0, 0.05) is 31.9 Å². The number of anilines is 2. The van der Waals surface area contributed by atoms with E-state index >= 15 is 0 Å². The number of halogens is 1. The Kier molecular flexibility index (Phi) is 7.03. The monoisotopic (exact) mass is 441 g/mol. The minimum absolute atomic E-state index is 0.0801. The summed E-state index contributed by atoms with van der Waals surface area (Å²) in [5, 5.41) is 13.9. The van der Waals surface area contributed by atoms with Crippen molar-refractivity contribution in [3.63, 3.8) is 0 Å². The number of carbonyl (C=O) groups is 1. The quantitative estimate of drug-likeness (QED) is 0.660. The molecule has 0 unspecified atom stereocenters. The van der Waals surface area contributed by atoms with Crippen molar-refractivity contribution in [2.45, 2.75) is 44.9 Å². The standard InChI is InChI=1S/C25H32ClN3O2/c1-2-28-11-13-29(14-12-28)23-9-8-20(17-22(23)26)27-25(31)16-18-7-10-24(30)21(15-18)19-5-3-4-6-19/h7-10,15,17,19,30H,2-6,11-14,16H2,1H3,(H,27,31). The average molecular weight is 442 g/mol. The number of aromatic hydroxyl groups is 1. The fourth-order valence-electron chi connectivity index (χ4n) is 4.81. The van der Waals surface area contributed by atoms with E-state index in [0.717, 1.165) is 62.4 Å². The highest BCUT2D eigenvalue weighted by Gasteiger charge is 2.21. The molecular weight excluding hydrogens is 410 g/mol. The lowest BCUT2D eigenvalue weighted by Gasteiger charge is -2.36. The molecule has 31 heavy (non-hydrogen) atoms. The molecule has 2 N–H and O–H groups in total. The molecule has 2 aromatic rings. The third-order valence-electron chi connectivity index (χ3n) is 6.64. The zero-order chi connectivity index (χ0) is 21.8. The van der Waals surface area contributed by atoms with E-state index in [1.165, 1.54) is 12.8 Å². The number of piperazine rings is 1. The molecule has 1 heterocycles. The van der Waals surface area contributed by atoms with Gasteiger partial charge >= 0.3 is 0 Å². The number of phenolic OH excluding ortho intramolecular Hbond substituents is 1. The van der Waals surface area contributed by atoms with Gasteiger partial charge in [-0.1, -0.05) is 43.5 Å². The molecule has 0 radical (unpaired) electrons. The highest BCUT2D eigenvalue weighted by atomic mass is 35.5. The zero-order valence-corrected chi connectivity index (χ0v) is 19.0. The number of benzene rings is 2. The lowest BCUT2D eigenvalue weighted by atomic mass is 9.94. The fraction of sp³-hybridized carbons (Fsp3) is 0.480. The number of phenols is 1. The van der Waals surface area contributed by atoms with Crippen molar-refractivity contribution < 1.29 is 9.90 Å². The molecule has 1 aliphatic carbocycles. The van der Waals surface area contributed by atoms with Gasteiger partial charge in [-0.15, -0.1) is 0 Å². The van der Waals surface area contributed by atoms with E-state index in [1.807, 2.05) is 30.3 Å². The number of hydrogen-bond donors (Lipinski definition) is 2. The zero-order valence-electron chi connectivity index (χ0n) is 18.2. The van der Waals surface area contributed by atoms with E-state index in [9.17, 15) is 9.90 Å². The van der Waals surface area contributed by atoms with Gasteiger partial charge in [0.1, 0.15) is 5.75 Å². The molecule has 2 aromatic carbocycles. The molecule has 1 saturated carbocycles. The summed E-state index contributed by atoms with van der Waals surface area (Å²) < 4.78 is 0. The van der Waals surface area contributed by atoms with Crippen molar-refractivity contribution in [1.82, 2.24) is 4.90 Å². The van der Waals surface area contributed by atoms with Gasteiger partial charge in [-0.3, -0.25) is 4.79 Å². The maximum absolute atomic E-state index is 12.6. The van der Waals surface area contributed by atoms with Crippen LogP contribution in [0.2, 0.25) is 5.02 Å². The summed E-state index contributed by atoms with van der Waals surface area (Å²) in [6.45, 7) is 7.28. The maximum Gasteiger partial charge on any atom is 0.228 e. The molecule has 1 saturated heterocycles. The number of amides is 1. The first-order chi connectivity index (χ1) is 15.0. The number of nitrogens with zero attached hydrogens (tertiary/aromatic N) is 2. The fourth-order valence-corrected chi connectivity index (χ4v) is 5.11. The molecule has 0 atom stereocenters. The van der Waals surface area contributed by atoms with Crippen LogP contribution in [0.4, 0.5) is 11.4 Å². The van der Waals surface area contributed by atoms with Crippen LogP contribution in [-0.2, 0) is 11.2 Å². The second kappa shape index (κ2) is 9.92. The van der Waals surface area contributed by atoms with Gasteiger partial charge in [-0.25, -0.2) is 0 Å². The molecule has 1 amide bonds. The molecule has 2 fully saturated rings. The number of nitrogens with one attached hydrogen (secondary N) is 1. The second-order valence-electron chi connectivity index (χ2n) is 8.69.